The number of hydrogen-bond donors (Lipinski definition) is 2. The Kier molecular flexibility index (Phi) is 8.97. The van der Waals surface area contributed by atoms with Crippen LogP contribution in [0.25, 0.3) is 0 Å². The summed E-state index contributed by atoms with van der Waals surface area (Å²) < 4.78 is 0. The number of piperidine rings is 1. The molecule has 176 valence electrons. The van der Waals surface area contributed by atoms with Gasteiger partial charge in [-0.1, -0.05) is 48.3 Å². The zero-order chi connectivity index (χ0) is 23.8. The number of rotatable bonds is 7. The zero-order valence-corrected chi connectivity index (χ0v) is 20.0. The lowest BCUT2D eigenvalue weighted by atomic mass is 9.95. The largest absolute Gasteiger partial charge is 0.333 e. The smallest absolute Gasteiger partial charge is 0.321 e. The van der Waals surface area contributed by atoms with E-state index in [9.17, 15) is 14.4 Å². The Morgan fingerprint density at radius 3 is 2.36 bits per heavy atom. The van der Waals surface area contributed by atoms with Gasteiger partial charge in [0.1, 0.15) is 0 Å². The average Bonchev–Trinajstić information content (AvgIpc) is 2.81. The van der Waals surface area contributed by atoms with Gasteiger partial charge >= 0.3 is 6.03 Å². The summed E-state index contributed by atoms with van der Waals surface area (Å²) in [5.41, 5.74) is 1.19. The summed E-state index contributed by atoms with van der Waals surface area (Å²) in [6, 6.07) is 13.9. The van der Waals surface area contributed by atoms with Gasteiger partial charge in [0.25, 0.3) is 0 Å². The van der Waals surface area contributed by atoms with Crippen molar-refractivity contribution in [1.82, 2.24) is 9.80 Å². The third kappa shape index (κ3) is 7.11. The molecule has 1 aliphatic rings. The van der Waals surface area contributed by atoms with Crippen LogP contribution < -0.4 is 10.6 Å². The van der Waals surface area contributed by atoms with Crippen LogP contribution in [-0.2, 0) is 9.59 Å². The predicted molar refractivity (Wildman–Crippen MR) is 132 cm³/mol. The summed E-state index contributed by atoms with van der Waals surface area (Å²) in [5, 5.41) is 6.44. The average molecular weight is 491 g/mol. The molecule has 0 bridgehead atoms. The maximum atomic E-state index is 13.1. The Hall–Kier alpha value is -2.77. The quantitative estimate of drug-likeness (QED) is 0.565. The standard InChI is InChI=1S/C24H28Cl2N4O3/c1-2-12-30(16-22(31)28-21-9-8-18(25)15-20(21)26)23(32)17-10-13-29(14-11-17)24(33)27-19-6-4-3-5-7-19/h3-9,15,17H,2,10-14,16H2,1H3,(H,27,33)(H,28,31). The first kappa shape index (κ1) is 24.9. The molecule has 4 amide bonds. The van der Waals surface area contributed by atoms with Gasteiger partial charge in [0.15, 0.2) is 0 Å². The normalized spacial score (nSPS) is 14.0. The van der Waals surface area contributed by atoms with E-state index in [1.807, 2.05) is 37.3 Å². The van der Waals surface area contributed by atoms with Crippen LogP contribution >= 0.6 is 23.2 Å². The molecule has 1 fully saturated rings. The van der Waals surface area contributed by atoms with Gasteiger partial charge < -0.3 is 20.4 Å². The Morgan fingerprint density at radius 2 is 1.73 bits per heavy atom. The maximum absolute atomic E-state index is 13.1. The Morgan fingerprint density at radius 1 is 1.03 bits per heavy atom. The lowest BCUT2D eigenvalue weighted by Crippen LogP contribution is -2.47. The predicted octanol–water partition coefficient (Wildman–Crippen LogP) is 5.11. The highest BCUT2D eigenvalue weighted by atomic mass is 35.5. The number of para-hydroxylation sites is 1. The molecular formula is C24H28Cl2N4O3. The van der Waals surface area contributed by atoms with Crippen molar-refractivity contribution >= 4 is 52.4 Å². The van der Waals surface area contributed by atoms with Gasteiger partial charge in [0.05, 0.1) is 17.3 Å². The topological polar surface area (TPSA) is 81.8 Å². The van der Waals surface area contributed by atoms with Crippen molar-refractivity contribution in [2.24, 2.45) is 5.92 Å². The minimum absolute atomic E-state index is 0.0552. The van der Waals surface area contributed by atoms with E-state index in [-0.39, 0.29) is 30.3 Å². The third-order valence-electron chi connectivity index (χ3n) is 5.50. The Labute approximate surface area is 204 Å². The molecule has 0 radical (unpaired) electrons. The van der Waals surface area contributed by atoms with Crippen LogP contribution in [0.4, 0.5) is 16.2 Å². The third-order valence-corrected chi connectivity index (χ3v) is 6.05. The van der Waals surface area contributed by atoms with Crippen LogP contribution in [0.5, 0.6) is 0 Å². The summed E-state index contributed by atoms with van der Waals surface area (Å²) in [4.78, 5) is 41.5. The van der Waals surface area contributed by atoms with E-state index in [0.717, 1.165) is 12.1 Å². The molecule has 2 N–H and O–H groups in total. The molecule has 1 heterocycles. The van der Waals surface area contributed by atoms with Crippen molar-refractivity contribution in [3.63, 3.8) is 0 Å². The summed E-state index contributed by atoms with van der Waals surface area (Å²) in [6.45, 7) is 3.36. The van der Waals surface area contributed by atoms with Crippen LogP contribution in [0.3, 0.4) is 0 Å². The first-order valence-corrected chi connectivity index (χ1v) is 11.8. The van der Waals surface area contributed by atoms with Gasteiger partial charge in [-0.25, -0.2) is 4.79 Å². The Balaban J connectivity index is 1.53. The number of urea groups is 1. The van der Waals surface area contributed by atoms with E-state index in [1.165, 1.54) is 0 Å². The van der Waals surface area contributed by atoms with Gasteiger partial charge in [-0.3, -0.25) is 9.59 Å². The van der Waals surface area contributed by atoms with E-state index in [0.29, 0.717) is 48.2 Å². The van der Waals surface area contributed by atoms with E-state index in [4.69, 9.17) is 23.2 Å². The highest BCUT2D eigenvalue weighted by Gasteiger charge is 2.31. The first-order chi connectivity index (χ1) is 15.9. The molecular weight excluding hydrogens is 463 g/mol. The number of amides is 4. The molecule has 0 unspecified atom stereocenters. The van der Waals surface area contributed by atoms with Crippen molar-refractivity contribution in [3.8, 4) is 0 Å². The summed E-state index contributed by atoms with van der Waals surface area (Å²) >= 11 is 12.0. The van der Waals surface area contributed by atoms with Gasteiger partial charge in [-0.15, -0.1) is 0 Å². The van der Waals surface area contributed by atoms with Crippen molar-refractivity contribution in [2.75, 3.05) is 36.8 Å². The van der Waals surface area contributed by atoms with Crippen molar-refractivity contribution in [1.29, 1.82) is 0 Å². The number of carbonyl (C=O) groups is 3. The first-order valence-electron chi connectivity index (χ1n) is 11.0. The second-order valence-electron chi connectivity index (χ2n) is 7.99. The van der Waals surface area contributed by atoms with Crippen LogP contribution in [0.1, 0.15) is 26.2 Å². The monoisotopic (exact) mass is 490 g/mol. The summed E-state index contributed by atoms with van der Waals surface area (Å²) in [7, 11) is 0. The fourth-order valence-electron chi connectivity index (χ4n) is 3.80. The minimum Gasteiger partial charge on any atom is -0.333 e. The molecule has 0 aromatic heterocycles. The Bertz CT molecular complexity index is 979. The minimum atomic E-state index is -0.319. The van der Waals surface area contributed by atoms with Crippen molar-refractivity contribution in [2.45, 2.75) is 26.2 Å². The number of carbonyl (C=O) groups excluding carboxylic acids is 3. The van der Waals surface area contributed by atoms with E-state index in [1.54, 1.807) is 28.0 Å². The number of nitrogens with zero attached hydrogens (tertiary/aromatic N) is 2. The summed E-state index contributed by atoms with van der Waals surface area (Å²) in [6.07, 6.45) is 1.86. The van der Waals surface area contributed by atoms with E-state index in [2.05, 4.69) is 10.6 Å². The number of hydrogen-bond acceptors (Lipinski definition) is 3. The molecule has 2 aromatic carbocycles. The van der Waals surface area contributed by atoms with Crippen LogP contribution in [-0.4, -0.2) is 53.8 Å². The second kappa shape index (κ2) is 11.9. The van der Waals surface area contributed by atoms with Crippen molar-refractivity contribution < 1.29 is 14.4 Å². The van der Waals surface area contributed by atoms with Gasteiger partial charge in [-0.05, 0) is 49.6 Å². The van der Waals surface area contributed by atoms with E-state index >= 15 is 0 Å². The highest BCUT2D eigenvalue weighted by molar-refractivity contribution is 6.36. The summed E-state index contributed by atoms with van der Waals surface area (Å²) in [5.74, 6) is -0.595. The fraction of sp³-hybridized carbons (Fsp3) is 0.375. The number of nitrogens with one attached hydrogen (secondary N) is 2. The van der Waals surface area contributed by atoms with Crippen LogP contribution in [0.15, 0.2) is 48.5 Å². The van der Waals surface area contributed by atoms with Crippen molar-refractivity contribution in [3.05, 3.63) is 58.6 Å². The molecule has 3 rings (SSSR count). The maximum Gasteiger partial charge on any atom is 0.321 e. The lowest BCUT2D eigenvalue weighted by Gasteiger charge is -2.34. The number of benzene rings is 2. The number of likely N-dealkylation sites (tertiary alicyclic amines) is 1. The molecule has 1 saturated heterocycles. The molecule has 1 aliphatic heterocycles. The van der Waals surface area contributed by atoms with Crippen LogP contribution in [0.2, 0.25) is 10.0 Å². The van der Waals surface area contributed by atoms with Gasteiger partial charge in [-0.2, -0.15) is 0 Å². The number of anilines is 2. The zero-order valence-electron chi connectivity index (χ0n) is 18.5. The second-order valence-corrected chi connectivity index (χ2v) is 8.83. The highest BCUT2D eigenvalue weighted by Crippen LogP contribution is 2.25. The molecule has 0 spiro atoms. The fourth-order valence-corrected chi connectivity index (χ4v) is 4.26. The molecule has 0 aliphatic carbocycles. The molecule has 0 atom stereocenters. The molecule has 7 nitrogen and oxygen atoms in total. The van der Waals surface area contributed by atoms with Gasteiger partial charge in [0.2, 0.25) is 11.8 Å². The molecule has 9 heteroatoms. The lowest BCUT2D eigenvalue weighted by molar-refractivity contribution is -0.139. The van der Waals surface area contributed by atoms with Crippen LogP contribution in [0, 0.1) is 5.92 Å². The SMILES string of the molecule is CCCN(CC(=O)Nc1ccc(Cl)cc1Cl)C(=O)C1CCN(C(=O)Nc2ccccc2)CC1. The van der Waals surface area contributed by atoms with Gasteiger partial charge in [0, 0.05) is 36.3 Å². The molecule has 0 saturated carbocycles. The number of halogens is 2. The molecule has 2 aromatic rings. The molecule has 33 heavy (non-hydrogen) atoms. The van der Waals surface area contributed by atoms with E-state index < -0.39 is 0 Å².